The molecular weight excluding hydrogens is 506 g/mol. The van der Waals surface area contributed by atoms with Crippen molar-refractivity contribution in [3.05, 3.63) is 77.9 Å². The second-order valence-corrected chi connectivity index (χ2v) is 10.9. The number of nitrogens with zero attached hydrogens (tertiary/aromatic N) is 1. The molecule has 38 heavy (non-hydrogen) atoms. The van der Waals surface area contributed by atoms with Gasteiger partial charge < -0.3 is 24.4 Å². The van der Waals surface area contributed by atoms with Crippen molar-refractivity contribution in [2.75, 3.05) is 46.2 Å². The van der Waals surface area contributed by atoms with E-state index in [0.29, 0.717) is 28.5 Å². The highest BCUT2D eigenvalue weighted by Crippen LogP contribution is 2.34. The van der Waals surface area contributed by atoms with Crippen LogP contribution in [0.1, 0.15) is 28.3 Å². The summed E-state index contributed by atoms with van der Waals surface area (Å²) in [6, 6.07) is 18.3. The van der Waals surface area contributed by atoms with Crippen LogP contribution in [0.5, 0.6) is 17.2 Å². The highest BCUT2D eigenvalue weighted by molar-refractivity contribution is 7.92. The Kier molecular flexibility index (Phi) is 8.43. The molecule has 1 aliphatic heterocycles. The summed E-state index contributed by atoms with van der Waals surface area (Å²) in [5, 5.41) is 3.19. The molecule has 3 aromatic carbocycles. The number of rotatable bonds is 9. The van der Waals surface area contributed by atoms with Crippen molar-refractivity contribution in [3.8, 4) is 17.2 Å². The normalized spacial score (nSPS) is 17.9. The lowest BCUT2D eigenvalue weighted by molar-refractivity contribution is 0.0904. The van der Waals surface area contributed by atoms with E-state index in [-0.39, 0.29) is 22.8 Å². The largest absolute Gasteiger partial charge is 0.497 e. The Bertz CT molecular complexity index is 1360. The number of likely N-dealkylation sites (N-methyl/N-ethyl adjacent to an activating group) is 1. The lowest BCUT2D eigenvalue weighted by Gasteiger charge is -2.37. The van der Waals surface area contributed by atoms with Gasteiger partial charge in [0.05, 0.1) is 26.2 Å². The molecule has 4 rings (SSSR count). The van der Waals surface area contributed by atoms with Crippen molar-refractivity contribution in [3.63, 3.8) is 0 Å². The number of carbonyl (C=O) groups excluding carboxylic acids is 1. The van der Waals surface area contributed by atoms with Crippen LogP contribution in [0.25, 0.3) is 0 Å². The summed E-state index contributed by atoms with van der Waals surface area (Å²) in [6.45, 7) is 1.65. The zero-order valence-corrected chi connectivity index (χ0v) is 22.7. The van der Waals surface area contributed by atoms with Gasteiger partial charge in [0.25, 0.3) is 15.9 Å². The van der Waals surface area contributed by atoms with E-state index in [1.165, 1.54) is 19.2 Å². The van der Waals surface area contributed by atoms with Gasteiger partial charge in [-0.3, -0.25) is 9.52 Å². The second kappa shape index (κ2) is 11.7. The van der Waals surface area contributed by atoms with Gasteiger partial charge in [-0.05, 0) is 86.2 Å². The quantitative estimate of drug-likeness (QED) is 0.427. The molecule has 1 fully saturated rings. The van der Waals surface area contributed by atoms with Gasteiger partial charge in [-0.2, -0.15) is 0 Å². The minimum atomic E-state index is -3.78. The predicted octanol–water partition coefficient (Wildman–Crippen LogP) is 3.73. The van der Waals surface area contributed by atoms with Gasteiger partial charge in [0, 0.05) is 29.8 Å². The summed E-state index contributed by atoms with van der Waals surface area (Å²) < 4.78 is 43.9. The van der Waals surface area contributed by atoms with Crippen LogP contribution < -0.4 is 24.2 Å². The van der Waals surface area contributed by atoms with Crippen LogP contribution in [-0.2, 0) is 10.0 Å². The Balaban J connectivity index is 1.46. The molecule has 0 aliphatic carbocycles. The molecule has 0 bridgehead atoms. The number of sulfonamides is 1. The average molecular weight is 540 g/mol. The van der Waals surface area contributed by atoms with Crippen LogP contribution in [0, 0.1) is 0 Å². The Morgan fingerprint density at radius 1 is 0.895 bits per heavy atom. The molecule has 9 nitrogen and oxygen atoms in total. The molecule has 3 aromatic rings. The fourth-order valence-electron chi connectivity index (χ4n) is 4.62. The SMILES string of the molecule is COc1ccc(S(=O)(=O)Nc2ccc(C(=O)N[C@@H]3CCN(C)C[C@@H]3c3ccc(OC)c(OC)c3)cc2)cc1. The summed E-state index contributed by atoms with van der Waals surface area (Å²) >= 11 is 0. The maximum Gasteiger partial charge on any atom is 0.261 e. The van der Waals surface area contributed by atoms with E-state index in [1.54, 1.807) is 50.6 Å². The van der Waals surface area contributed by atoms with Crippen LogP contribution in [0.15, 0.2) is 71.6 Å². The Morgan fingerprint density at radius 3 is 2.21 bits per heavy atom. The number of anilines is 1. The zero-order valence-electron chi connectivity index (χ0n) is 21.9. The minimum Gasteiger partial charge on any atom is -0.497 e. The number of hydrogen-bond acceptors (Lipinski definition) is 7. The number of ether oxygens (including phenoxy) is 3. The van der Waals surface area contributed by atoms with E-state index in [4.69, 9.17) is 14.2 Å². The molecule has 2 N–H and O–H groups in total. The molecule has 0 aromatic heterocycles. The summed E-state index contributed by atoms with van der Waals surface area (Å²) in [5.41, 5.74) is 1.87. The standard InChI is InChI=1S/C28H33N3O6S/c1-31-16-15-25(24(18-31)20-7-14-26(36-3)27(17-20)37-4)29-28(32)19-5-8-21(9-6-19)30-38(33,34)23-12-10-22(35-2)11-13-23/h5-14,17,24-25,30H,15-16,18H2,1-4H3,(H,29,32)/t24-,25-/m1/s1. The third-order valence-corrected chi connectivity index (χ3v) is 8.13. The number of carbonyl (C=O) groups is 1. The molecule has 202 valence electrons. The fourth-order valence-corrected chi connectivity index (χ4v) is 5.68. The van der Waals surface area contributed by atoms with Gasteiger partial charge >= 0.3 is 0 Å². The molecule has 0 radical (unpaired) electrons. The number of nitrogens with one attached hydrogen (secondary N) is 2. The molecule has 0 saturated carbocycles. The van der Waals surface area contributed by atoms with Crippen molar-refractivity contribution in [1.82, 2.24) is 10.2 Å². The Morgan fingerprint density at radius 2 is 1.58 bits per heavy atom. The number of methoxy groups -OCH3 is 3. The molecule has 1 aliphatic rings. The topological polar surface area (TPSA) is 106 Å². The highest BCUT2D eigenvalue weighted by atomic mass is 32.2. The van der Waals surface area contributed by atoms with E-state index in [2.05, 4.69) is 22.0 Å². The Hall–Kier alpha value is -3.76. The van der Waals surface area contributed by atoms with Crippen LogP contribution in [0.4, 0.5) is 5.69 Å². The number of hydrogen-bond donors (Lipinski definition) is 2. The monoisotopic (exact) mass is 539 g/mol. The first-order valence-corrected chi connectivity index (χ1v) is 13.7. The smallest absolute Gasteiger partial charge is 0.261 e. The van der Waals surface area contributed by atoms with Gasteiger partial charge in [-0.25, -0.2) is 8.42 Å². The molecule has 10 heteroatoms. The number of amides is 1. The number of benzene rings is 3. The van der Waals surface area contributed by atoms with E-state index in [9.17, 15) is 13.2 Å². The second-order valence-electron chi connectivity index (χ2n) is 9.21. The first-order valence-electron chi connectivity index (χ1n) is 12.2. The third-order valence-electron chi connectivity index (χ3n) is 6.74. The van der Waals surface area contributed by atoms with Crippen molar-refractivity contribution < 1.29 is 27.4 Å². The third kappa shape index (κ3) is 6.20. The van der Waals surface area contributed by atoms with Gasteiger partial charge in [0.15, 0.2) is 11.5 Å². The molecule has 0 unspecified atom stereocenters. The van der Waals surface area contributed by atoms with Crippen molar-refractivity contribution in [2.24, 2.45) is 0 Å². The Labute approximate surface area is 223 Å². The summed E-state index contributed by atoms with van der Waals surface area (Å²) in [5.74, 6) is 1.72. The number of likely N-dealkylation sites (tertiary alicyclic amines) is 1. The van der Waals surface area contributed by atoms with Crippen LogP contribution >= 0.6 is 0 Å². The maximum absolute atomic E-state index is 13.2. The van der Waals surface area contributed by atoms with E-state index >= 15 is 0 Å². The summed E-state index contributed by atoms with van der Waals surface area (Å²) in [6.07, 6.45) is 0.793. The first-order chi connectivity index (χ1) is 18.2. The van der Waals surface area contributed by atoms with Crippen LogP contribution in [0.3, 0.4) is 0 Å². The van der Waals surface area contributed by atoms with E-state index in [1.807, 2.05) is 18.2 Å². The fraction of sp³-hybridized carbons (Fsp3) is 0.321. The summed E-state index contributed by atoms with van der Waals surface area (Å²) in [7, 11) is 3.01. The van der Waals surface area contributed by atoms with Gasteiger partial charge in [0.1, 0.15) is 5.75 Å². The van der Waals surface area contributed by atoms with E-state index in [0.717, 1.165) is 25.1 Å². The molecule has 1 heterocycles. The van der Waals surface area contributed by atoms with Gasteiger partial charge in [0.2, 0.25) is 0 Å². The highest BCUT2D eigenvalue weighted by Gasteiger charge is 2.31. The van der Waals surface area contributed by atoms with E-state index < -0.39 is 10.0 Å². The first kappa shape index (κ1) is 27.3. The average Bonchev–Trinajstić information content (AvgIpc) is 2.93. The molecule has 2 atom stereocenters. The molecule has 1 saturated heterocycles. The van der Waals surface area contributed by atoms with Gasteiger partial charge in [-0.15, -0.1) is 0 Å². The molecule has 1 amide bonds. The predicted molar refractivity (Wildman–Crippen MR) is 146 cm³/mol. The lowest BCUT2D eigenvalue weighted by Crippen LogP contribution is -2.48. The zero-order chi connectivity index (χ0) is 27.3. The van der Waals surface area contributed by atoms with Crippen molar-refractivity contribution in [2.45, 2.75) is 23.3 Å². The summed E-state index contributed by atoms with van der Waals surface area (Å²) in [4.78, 5) is 15.5. The van der Waals surface area contributed by atoms with Crippen LogP contribution in [0.2, 0.25) is 0 Å². The van der Waals surface area contributed by atoms with Crippen molar-refractivity contribution in [1.29, 1.82) is 0 Å². The number of piperidine rings is 1. The molecule has 0 spiro atoms. The van der Waals surface area contributed by atoms with Crippen LogP contribution in [-0.4, -0.2) is 66.7 Å². The molecular formula is C28H33N3O6S. The van der Waals surface area contributed by atoms with Gasteiger partial charge in [-0.1, -0.05) is 6.07 Å². The van der Waals surface area contributed by atoms with Crippen molar-refractivity contribution >= 4 is 21.6 Å². The minimum absolute atomic E-state index is 0.0630. The lowest BCUT2D eigenvalue weighted by atomic mass is 9.85. The maximum atomic E-state index is 13.2.